The molecule has 4 heteroatoms. The maximum atomic E-state index is 10.9. The Bertz CT molecular complexity index is 377. The third-order valence-corrected chi connectivity index (χ3v) is 2.38. The van der Waals surface area contributed by atoms with Gasteiger partial charge in [-0.25, -0.2) is 4.79 Å². The van der Waals surface area contributed by atoms with Crippen LogP contribution in [0.25, 0.3) is 0 Å². The van der Waals surface area contributed by atoms with Gasteiger partial charge in [0.05, 0.1) is 0 Å². The number of carboxylic acids is 1. The molecule has 1 rings (SSSR count). The van der Waals surface area contributed by atoms with Gasteiger partial charge >= 0.3 is 5.97 Å². The number of carboxylic acid groups (broad SMARTS) is 1. The Balaban J connectivity index is 2.74. The number of ether oxygens (including phenoxy) is 1. The van der Waals surface area contributed by atoms with Crippen molar-refractivity contribution >= 4 is 5.97 Å². The van der Waals surface area contributed by atoms with Crippen molar-refractivity contribution in [1.29, 1.82) is 0 Å². The van der Waals surface area contributed by atoms with Gasteiger partial charge < -0.3 is 15.6 Å². The van der Waals surface area contributed by atoms with Crippen LogP contribution in [-0.4, -0.2) is 23.2 Å². The third kappa shape index (κ3) is 4.44. The minimum absolute atomic E-state index is 0.0756. The van der Waals surface area contributed by atoms with Crippen molar-refractivity contribution in [3.8, 4) is 5.75 Å². The normalized spacial score (nSPS) is 14.1. The molecule has 0 saturated heterocycles. The fraction of sp³-hybridized carbons (Fsp3) is 0.462. The number of aliphatic carboxylic acids is 1. The topological polar surface area (TPSA) is 72.5 Å². The minimum atomic E-state index is -0.940. The zero-order valence-electron chi connectivity index (χ0n) is 10.2. The number of hydrogen-bond acceptors (Lipinski definition) is 3. The Morgan fingerprint density at radius 2 is 2.24 bits per heavy atom. The second-order valence-electron chi connectivity index (χ2n) is 4.18. The second kappa shape index (κ2) is 6.25. The van der Waals surface area contributed by atoms with Crippen LogP contribution in [0.2, 0.25) is 0 Å². The minimum Gasteiger partial charge on any atom is -0.479 e. The van der Waals surface area contributed by atoms with Gasteiger partial charge in [0.25, 0.3) is 0 Å². The van der Waals surface area contributed by atoms with Gasteiger partial charge in [-0.2, -0.15) is 0 Å². The summed E-state index contributed by atoms with van der Waals surface area (Å²) >= 11 is 0. The first-order chi connectivity index (χ1) is 8.02. The summed E-state index contributed by atoms with van der Waals surface area (Å²) in [4.78, 5) is 10.9. The van der Waals surface area contributed by atoms with Gasteiger partial charge in [0.15, 0.2) is 6.10 Å². The van der Waals surface area contributed by atoms with Crippen molar-refractivity contribution in [3.05, 3.63) is 29.8 Å². The molecule has 1 aromatic carbocycles. The van der Waals surface area contributed by atoms with E-state index < -0.39 is 12.1 Å². The lowest BCUT2D eigenvalue weighted by Gasteiger charge is -2.14. The zero-order chi connectivity index (χ0) is 12.8. The average Bonchev–Trinajstić information content (AvgIpc) is 2.25. The molecule has 1 aromatic rings. The SMILES string of the molecule is CCC(Oc1cccc(CC(C)N)c1)C(=O)O. The van der Waals surface area contributed by atoms with Gasteiger partial charge in [-0.05, 0) is 37.5 Å². The summed E-state index contributed by atoms with van der Waals surface area (Å²) in [5.74, 6) is -0.359. The van der Waals surface area contributed by atoms with Crippen molar-refractivity contribution in [2.75, 3.05) is 0 Å². The zero-order valence-corrected chi connectivity index (χ0v) is 10.2. The van der Waals surface area contributed by atoms with E-state index in [0.29, 0.717) is 12.2 Å². The van der Waals surface area contributed by atoms with E-state index in [2.05, 4.69) is 0 Å². The Morgan fingerprint density at radius 3 is 2.76 bits per heavy atom. The molecule has 2 atom stereocenters. The van der Waals surface area contributed by atoms with E-state index in [1.165, 1.54) is 0 Å². The molecule has 4 nitrogen and oxygen atoms in total. The smallest absolute Gasteiger partial charge is 0.344 e. The first-order valence-corrected chi connectivity index (χ1v) is 5.77. The second-order valence-corrected chi connectivity index (χ2v) is 4.18. The van der Waals surface area contributed by atoms with Crippen molar-refractivity contribution in [2.45, 2.75) is 38.8 Å². The van der Waals surface area contributed by atoms with Gasteiger partial charge in [-0.3, -0.25) is 0 Å². The predicted octanol–water partition coefficient (Wildman–Crippen LogP) is 1.82. The van der Waals surface area contributed by atoms with E-state index in [1.54, 1.807) is 13.0 Å². The van der Waals surface area contributed by atoms with Crippen molar-refractivity contribution in [1.82, 2.24) is 0 Å². The third-order valence-electron chi connectivity index (χ3n) is 2.38. The summed E-state index contributed by atoms with van der Waals surface area (Å²) in [5.41, 5.74) is 6.77. The highest BCUT2D eigenvalue weighted by Gasteiger charge is 2.16. The molecule has 0 aromatic heterocycles. The summed E-state index contributed by atoms with van der Waals surface area (Å²) in [7, 11) is 0. The molecule has 0 amide bonds. The molecule has 0 bridgehead atoms. The Morgan fingerprint density at radius 1 is 1.53 bits per heavy atom. The van der Waals surface area contributed by atoms with Gasteiger partial charge in [0.2, 0.25) is 0 Å². The summed E-state index contributed by atoms with van der Waals surface area (Å²) in [5, 5.41) is 8.90. The van der Waals surface area contributed by atoms with Crippen LogP contribution < -0.4 is 10.5 Å². The molecule has 0 fully saturated rings. The number of nitrogens with two attached hydrogens (primary N) is 1. The first kappa shape index (κ1) is 13.5. The van der Waals surface area contributed by atoms with Gasteiger partial charge in [0, 0.05) is 6.04 Å². The molecule has 0 aliphatic rings. The Kier molecular flexibility index (Phi) is 4.97. The molecule has 3 N–H and O–H groups in total. The maximum Gasteiger partial charge on any atom is 0.344 e. The number of benzene rings is 1. The first-order valence-electron chi connectivity index (χ1n) is 5.77. The van der Waals surface area contributed by atoms with E-state index >= 15 is 0 Å². The van der Waals surface area contributed by atoms with Crippen LogP contribution in [0.4, 0.5) is 0 Å². The molecule has 0 saturated carbocycles. The molecule has 94 valence electrons. The monoisotopic (exact) mass is 237 g/mol. The van der Waals surface area contributed by atoms with E-state index in [9.17, 15) is 4.79 Å². The van der Waals surface area contributed by atoms with Crippen LogP contribution in [0.3, 0.4) is 0 Å². The van der Waals surface area contributed by atoms with Crippen LogP contribution in [0.5, 0.6) is 5.75 Å². The number of rotatable bonds is 6. The molecule has 0 spiro atoms. The summed E-state index contributed by atoms with van der Waals surface area (Å²) < 4.78 is 5.41. The van der Waals surface area contributed by atoms with Crippen molar-refractivity contribution < 1.29 is 14.6 Å². The highest BCUT2D eigenvalue weighted by atomic mass is 16.5. The van der Waals surface area contributed by atoms with E-state index in [-0.39, 0.29) is 6.04 Å². The molecule has 0 aliphatic carbocycles. The molecule has 0 heterocycles. The summed E-state index contributed by atoms with van der Waals surface area (Å²) in [6.45, 7) is 3.71. The standard InChI is InChI=1S/C13H19NO3/c1-3-12(13(15)16)17-11-6-4-5-10(8-11)7-9(2)14/h4-6,8-9,12H,3,7,14H2,1-2H3,(H,15,16). The van der Waals surface area contributed by atoms with Crippen LogP contribution in [0.1, 0.15) is 25.8 Å². The van der Waals surface area contributed by atoms with Crippen LogP contribution in [0.15, 0.2) is 24.3 Å². The molecular formula is C13H19NO3. The molecule has 17 heavy (non-hydrogen) atoms. The average molecular weight is 237 g/mol. The highest BCUT2D eigenvalue weighted by Crippen LogP contribution is 2.17. The van der Waals surface area contributed by atoms with Gasteiger partial charge in [-0.1, -0.05) is 19.1 Å². The molecule has 2 unspecified atom stereocenters. The van der Waals surface area contributed by atoms with Crippen LogP contribution in [-0.2, 0) is 11.2 Å². The lowest BCUT2D eigenvalue weighted by atomic mass is 10.1. The van der Waals surface area contributed by atoms with E-state index in [0.717, 1.165) is 12.0 Å². The fourth-order valence-corrected chi connectivity index (χ4v) is 1.59. The van der Waals surface area contributed by atoms with Crippen molar-refractivity contribution in [3.63, 3.8) is 0 Å². The summed E-state index contributed by atoms with van der Waals surface area (Å²) in [6.07, 6.45) is 0.397. The molecule has 0 aliphatic heterocycles. The lowest BCUT2D eigenvalue weighted by Crippen LogP contribution is -2.26. The van der Waals surface area contributed by atoms with Gasteiger partial charge in [0.1, 0.15) is 5.75 Å². The predicted molar refractivity (Wildman–Crippen MR) is 66.1 cm³/mol. The van der Waals surface area contributed by atoms with E-state index in [4.69, 9.17) is 15.6 Å². The molecular weight excluding hydrogens is 218 g/mol. The van der Waals surface area contributed by atoms with Crippen LogP contribution >= 0.6 is 0 Å². The number of carbonyl (C=O) groups is 1. The fourth-order valence-electron chi connectivity index (χ4n) is 1.59. The largest absolute Gasteiger partial charge is 0.479 e. The quantitative estimate of drug-likeness (QED) is 0.791. The Labute approximate surface area is 101 Å². The summed E-state index contributed by atoms with van der Waals surface area (Å²) in [6, 6.07) is 7.48. The van der Waals surface area contributed by atoms with Crippen molar-refractivity contribution in [2.24, 2.45) is 5.73 Å². The Hall–Kier alpha value is -1.55. The van der Waals surface area contributed by atoms with E-state index in [1.807, 2.05) is 25.1 Å². The maximum absolute atomic E-state index is 10.9. The van der Waals surface area contributed by atoms with Gasteiger partial charge in [-0.15, -0.1) is 0 Å². The van der Waals surface area contributed by atoms with Crippen LogP contribution in [0, 0.1) is 0 Å². The number of hydrogen-bond donors (Lipinski definition) is 2. The molecule has 0 radical (unpaired) electrons. The lowest BCUT2D eigenvalue weighted by molar-refractivity contribution is -0.145. The highest BCUT2D eigenvalue weighted by molar-refractivity contribution is 5.72.